The molecule has 2 aromatic heterocycles. The number of rotatable bonds is 5. The zero-order valence-electron chi connectivity index (χ0n) is 17.9. The maximum atomic E-state index is 12.7. The van der Waals surface area contributed by atoms with E-state index in [4.69, 9.17) is 0 Å². The summed E-state index contributed by atoms with van der Waals surface area (Å²) >= 11 is 0. The number of nitrogens with one attached hydrogen (secondary N) is 1. The Kier molecular flexibility index (Phi) is 6.36. The van der Waals surface area contributed by atoms with Crippen LogP contribution in [0.5, 0.6) is 0 Å². The van der Waals surface area contributed by atoms with Crippen LogP contribution in [-0.4, -0.2) is 88.1 Å². The first-order valence-corrected chi connectivity index (χ1v) is 10.2. The standard InChI is InChI=1S/C20H31N7O2/c1-6-15(7-2)21-19(28)14-8-9-17-22-23-18(27(17)12-14)16-13-26(11-10-25(16)5)20(29)24(3)4/h8-9,12,15-16H,6-7,10-11,13H2,1-5H3,(H,21,28)/t16-/m1/s1. The largest absolute Gasteiger partial charge is 0.349 e. The summed E-state index contributed by atoms with van der Waals surface area (Å²) < 4.78 is 1.87. The molecule has 0 aromatic carbocycles. The number of urea groups is 1. The van der Waals surface area contributed by atoms with E-state index in [2.05, 4.69) is 34.3 Å². The molecule has 9 nitrogen and oxygen atoms in total. The maximum absolute atomic E-state index is 12.7. The zero-order chi connectivity index (χ0) is 21.1. The van der Waals surface area contributed by atoms with E-state index < -0.39 is 0 Å². The molecular formula is C20H31N7O2. The fraction of sp³-hybridized carbons (Fsp3) is 0.600. The monoisotopic (exact) mass is 401 g/mol. The van der Waals surface area contributed by atoms with E-state index in [1.165, 1.54) is 0 Å². The van der Waals surface area contributed by atoms with E-state index in [9.17, 15) is 9.59 Å². The Labute approximate surface area is 171 Å². The number of carbonyl (C=O) groups is 2. The highest BCUT2D eigenvalue weighted by Crippen LogP contribution is 2.24. The average Bonchev–Trinajstić information content (AvgIpc) is 3.14. The van der Waals surface area contributed by atoms with Gasteiger partial charge >= 0.3 is 6.03 Å². The second kappa shape index (κ2) is 8.77. The Morgan fingerprint density at radius 1 is 1.21 bits per heavy atom. The highest BCUT2D eigenvalue weighted by molar-refractivity contribution is 5.94. The molecule has 158 valence electrons. The fourth-order valence-corrected chi connectivity index (χ4v) is 3.64. The number of amides is 3. The van der Waals surface area contributed by atoms with Crippen LogP contribution in [0.25, 0.3) is 5.65 Å². The van der Waals surface area contributed by atoms with Crippen molar-refractivity contribution in [3.63, 3.8) is 0 Å². The summed E-state index contributed by atoms with van der Waals surface area (Å²) in [6, 6.07) is 3.64. The maximum Gasteiger partial charge on any atom is 0.319 e. The zero-order valence-corrected chi connectivity index (χ0v) is 17.9. The van der Waals surface area contributed by atoms with Crippen molar-refractivity contribution in [1.82, 2.24) is 34.6 Å². The molecule has 3 heterocycles. The highest BCUT2D eigenvalue weighted by atomic mass is 16.2. The molecule has 0 bridgehead atoms. The molecule has 1 aliphatic heterocycles. The first-order chi connectivity index (χ1) is 13.8. The molecule has 29 heavy (non-hydrogen) atoms. The third-order valence-corrected chi connectivity index (χ3v) is 5.61. The van der Waals surface area contributed by atoms with Gasteiger partial charge in [0.05, 0.1) is 11.6 Å². The lowest BCUT2D eigenvalue weighted by molar-refractivity contribution is 0.0930. The number of hydrogen-bond donors (Lipinski definition) is 1. The normalized spacial score (nSPS) is 17.7. The summed E-state index contributed by atoms with van der Waals surface area (Å²) in [6.45, 7) is 6.07. The predicted octanol–water partition coefficient (Wildman–Crippen LogP) is 1.62. The number of aromatic nitrogens is 3. The highest BCUT2D eigenvalue weighted by Gasteiger charge is 2.32. The average molecular weight is 402 g/mol. The van der Waals surface area contributed by atoms with Crippen LogP contribution in [0.4, 0.5) is 4.79 Å². The molecule has 9 heteroatoms. The summed E-state index contributed by atoms with van der Waals surface area (Å²) in [7, 11) is 5.53. The molecule has 1 saturated heterocycles. The third kappa shape index (κ3) is 4.34. The van der Waals surface area contributed by atoms with Crippen LogP contribution in [0.15, 0.2) is 18.3 Å². The van der Waals surface area contributed by atoms with Gasteiger partial charge in [-0.1, -0.05) is 13.8 Å². The van der Waals surface area contributed by atoms with E-state index in [-0.39, 0.29) is 24.0 Å². The molecule has 1 aliphatic rings. The number of fused-ring (bicyclic) bond motifs is 1. The molecule has 0 unspecified atom stereocenters. The van der Waals surface area contributed by atoms with E-state index in [0.717, 1.165) is 25.2 Å². The fourth-order valence-electron chi connectivity index (χ4n) is 3.64. The number of piperazine rings is 1. The molecule has 0 saturated carbocycles. The Balaban J connectivity index is 1.89. The van der Waals surface area contributed by atoms with E-state index >= 15 is 0 Å². The Morgan fingerprint density at radius 2 is 1.93 bits per heavy atom. The van der Waals surface area contributed by atoms with Crippen molar-refractivity contribution in [2.24, 2.45) is 0 Å². The lowest BCUT2D eigenvalue weighted by atomic mass is 10.1. The number of nitrogens with zero attached hydrogens (tertiary/aromatic N) is 6. The van der Waals surface area contributed by atoms with Gasteiger partial charge in [0.1, 0.15) is 0 Å². The number of carbonyl (C=O) groups excluding carboxylic acids is 2. The van der Waals surface area contributed by atoms with Gasteiger partial charge in [-0.15, -0.1) is 10.2 Å². The molecule has 0 aliphatic carbocycles. The van der Waals surface area contributed by atoms with Crippen molar-refractivity contribution < 1.29 is 9.59 Å². The SMILES string of the molecule is CCC(CC)NC(=O)c1ccc2nnc([C@H]3CN(C(=O)N(C)C)CCN3C)n2c1. The van der Waals surface area contributed by atoms with Crippen LogP contribution < -0.4 is 5.32 Å². The Bertz CT molecular complexity index is 875. The number of likely N-dealkylation sites (N-methyl/N-ethyl adjacent to an activating group) is 1. The van der Waals surface area contributed by atoms with Crippen molar-refractivity contribution in [3.05, 3.63) is 29.7 Å². The lowest BCUT2D eigenvalue weighted by Gasteiger charge is -2.39. The molecule has 0 spiro atoms. The summed E-state index contributed by atoms with van der Waals surface area (Å²) in [4.78, 5) is 30.7. The van der Waals surface area contributed by atoms with Gasteiger partial charge in [0, 0.05) is 46.0 Å². The molecule has 2 aromatic rings. The molecule has 3 amide bonds. The summed E-state index contributed by atoms with van der Waals surface area (Å²) in [6.07, 6.45) is 3.58. The van der Waals surface area contributed by atoms with Crippen LogP contribution in [-0.2, 0) is 0 Å². The van der Waals surface area contributed by atoms with Crippen LogP contribution in [0.2, 0.25) is 0 Å². The molecule has 3 rings (SSSR count). The minimum atomic E-state index is -0.0972. The molecule has 1 atom stereocenters. The van der Waals surface area contributed by atoms with E-state index in [1.807, 2.05) is 22.4 Å². The van der Waals surface area contributed by atoms with Gasteiger partial charge in [-0.05, 0) is 32.0 Å². The van der Waals surface area contributed by atoms with Crippen LogP contribution in [0.1, 0.15) is 48.9 Å². The van der Waals surface area contributed by atoms with E-state index in [0.29, 0.717) is 24.3 Å². The van der Waals surface area contributed by atoms with Crippen molar-refractivity contribution >= 4 is 17.6 Å². The van der Waals surface area contributed by atoms with Crippen LogP contribution >= 0.6 is 0 Å². The van der Waals surface area contributed by atoms with Crippen LogP contribution in [0.3, 0.4) is 0 Å². The lowest BCUT2D eigenvalue weighted by Crippen LogP contribution is -2.52. The topological polar surface area (TPSA) is 86.1 Å². The van der Waals surface area contributed by atoms with Crippen molar-refractivity contribution in [1.29, 1.82) is 0 Å². The summed E-state index contributed by atoms with van der Waals surface area (Å²) in [5.74, 6) is 0.637. The number of pyridine rings is 1. The second-order valence-corrected chi connectivity index (χ2v) is 7.81. The minimum absolute atomic E-state index is 0.0119. The molecule has 1 fully saturated rings. The first-order valence-electron chi connectivity index (χ1n) is 10.2. The van der Waals surface area contributed by atoms with Gasteiger partial charge in [-0.2, -0.15) is 0 Å². The molecule has 0 radical (unpaired) electrons. The smallest absolute Gasteiger partial charge is 0.319 e. The predicted molar refractivity (Wildman–Crippen MR) is 111 cm³/mol. The van der Waals surface area contributed by atoms with Gasteiger partial charge in [-0.25, -0.2) is 4.79 Å². The van der Waals surface area contributed by atoms with Gasteiger partial charge in [-0.3, -0.25) is 14.1 Å². The summed E-state index contributed by atoms with van der Waals surface area (Å²) in [5.41, 5.74) is 1.26. The van der Waals surface area contributed by atoms with Crippen LogP contribution in [0, 0.1) is 0 Å². The third-order valence-electron chi connectivity index (χ3n) is 5.61. The quantitative estimate of drug-likeness (QED) is 0.823. The summed E-state index contributed by atoms with van der Waals surface area (Å²) in [5, 5.41) is 11.7. The van der Waals surface area contributed by atoms with Gasteiger partial charge in [0.15, 0.2) is 11.5 Å². The van der Waals surface area contributed by atoms with Gasteiger partial charge < -0.3 is 15.1 Å². The second-order valence-electron chi connectivity index (χ2n) is 7.81. The Morgan fingerprint density at radius 3 is 2.59 bits per heavy atom. The minimum Gasteiger partial charge on any atom is -0.349 e. The van der Waals surface area contributed by atoms with Crippen molar-refractivity contribution in [2.75, 3.05) is 40.8 Å². The molecule has 1 N–H and O–H groups in total. The van der Waals surface area contributed by atoms with E-state index in [1.54, 1.807) is 31.3 Å². The van der Waals surface area contributed by atoms with Crippen molar-refractivity contribution in [2.45, 2.75) is 38.8 Å². The Hall–Kier alpha value is -2.68. The molecular weight excluding hydrogens is 370 g/mol. The van der Waals surface area contributed by atoms with Gasteiger partial charge in [0.2, 0.25) is 0 Å². The van der Waals surface area contributed by atoms with Gasteiger partial charge in [0.25, 0.3) is 5.91 Å². The number of hydrogen-bond acceptors (Lipinski definition) is 5. The first kappa shape index (κ1) is 21.0. The van der Waals surface area contributed by atoms with Crippen molar-refractivity contribution in [3.8, 4) is 0 Å².